The second-order valence-corrected chi connectivity index (χ2v) is 10.3. The third kappa shape index (κ3) is 6.20. The largest absolute Gasteiger partial charge is 0.361 e. The zero-order valence-electron chi connectivity index (χ0n) is 22.0. The van der Waals surface area contributed by atoms with E-state index in [9.17, 15) is 23.6 Å². The third-order valence-corrected chi connectivity index (χ3v) is 7.06. The number of hydrogen-bond donors (Lipinski definition) is 2. The van der Waals surface area contributed by atoms with Gasteiger partial charge in [0.1, 0.15) is 17.6 Å². The van der Waals surface area contributed by atoms with Crippen LogP contribution in [0.25, 0.3) is 0 Å². The van der Waals surface area contributed by atoms with Gasteiger partial charge in [-0.15, -0.1) is 0 Å². The van der Waals surface area contributed by atoms with Crippen LogP contribution in [0.2, 0.25) is 0 Å². The van der Waals surface area contributed by atoms with Crippen LogP contribution in [-0.2, 0) is 16.0 Å². The second-order valence-electron chi connectivity index (χ2n) is 10.3. The van der Waals surface area contributed by atoms with Crippen molar-refractivity contribution in [2.24, 2.45) is 5.92 Å². The highest BCUT2D eigenvalue weighted by Gasteiger charge is 2.37. The van der Waals surface area contributed by atoms with E-state index in [1.165, 1.54) is 28.0 Å². The molecule has 3 heterocycles. The molecule has 11 heteroatoms. The van der Waals surface area contributed by atoms with Crippen LogP contribution in [0.15, 0.2) is 28.8 Å². The topological polar surface area (TPSA) is 125 Å². The van der Waals surface area contributed by atoms with Gasteiger partial charge in [-0.25, -0.2) is 4.39 Å². The summed E-state index contributed by atoms with van der Waals surface area (Å²) in [6.45, 7) is 5.98. The standard InChI is InChI=1S/C27H34FN5O5/c1-16(2)22-14-32(27(37)21-12-17(3)38-31-21)15-24(34)29-10-4-6-18-8-9-20(28)19(13-18)26(36)33-11-5-7-23(33)25(35)30-22/h8-9,12-13,16,22-23H,4-7,10-11,14-15H2,1-3H3,(H,29,34)(H,30,35)/t22-,23-/m0/s1. The number of benzene rings is 1. The van der Waals surface area contributed by atoms with Gasteiger partial charge in [0.15, 0.2) is 5.69 Å². The van der Waals surface area contributed by atoms with E-state index in [-0.39, 0.29) is 42.1 Å². The van der Waals surface area contributed by atoms with Crippen molar-refractivity contribution in [3.8, 4) is 0 Å². The van der Waals surface area contributed by atoms with E-state index in [0.717, 1.165) is 5.56 Å². The van der Waals surface area contributed by atoms with Gasteiger partial charge >= 0.3 is 0 Å². The van der Waals surface area contributed by atoms with Crippen molar-refractivity contribution < 1.29 is 28.1 Å². The number of amides is 4. The Hall–Kier alpha value is -3.76. The molecule has 2 aromatic rings. The molecule has 2 atom stereocenters. The van der Waals surface area contributed by atoms with E-state index < -0.39 is 29.7 Å². The smallest absolute Gasteiger partial charge is 0.276 e. The van der Waals surface area contributed by atoms with Gasteiger partial charge in [-0.1, -0.05) is 25.1 Å². The molecule has 0 unspecified atom stereocenters. The molecule has 2 bridgehead atoms. The van der Waals surface area contributed by atoms with Crippen LogP contribution in [-0.4, -0.2) is 76.8 Å². The Morgan fingerprint density at radius 2 is 1.97 bits per heavy atom. The van der Waals surface area contributed by atoms with E-state index in [4.69, 9.17) is 4.52 Å². The summed E-state index contributed by atoms with van der Waals surface area (Å²) in [4.78, 5) is 55.6. The summed E-state index contributed by atoms with van der Waals surface area (Å²) in [5.41, 5.74) is 0.770. The number of halogens is 1. The highest BCUT2D eigenvalue weighted by Crippen LogP contribution is 2.23. The Kier molecular flexibility index (Phi) is 8.43. The molecule has 2 aliphatic rings. The molecule has 1 saturated heterocycles. The molecule has 2 aliphatic heterocycles. The summed E-state index contributed by atoms with van der Waals surface area (Å²) < 4.78 is 19.7. The summed E-state index contributed by atoms with van der Waals surface area (Å²) in [7, 11) is 0. The van der Waals surface area contributed by atoms with Gasteiger partial charge in [-0.05, 0) is 56.2 Å². The van der Waals surface area contributed by atoms with Crippen molar-refractivity contribution in [2.75, 3.05) is 26.2 Å². The van der Waals surface area contributed by atoms with Gasteiger partial charge in [0, 0.05) is 31.7 Å². The zero-order valence-corrected chi connectivity index (χ0v) is 22.0. The van der Waals surface area contributed by atoms with Crippen LogP contribution in [0.1, 0.15) is 65.3 Å². The minimum absolute atomic E-state index is 0.0532. The van der Waals surface area contributed by atoms with Crippen molar-refractivity contribution in [3.63, 3.8) is 0 Å². The van der Waals surface area contributed by atoms with Crippen LogP contribution in [0.3, 0.4) is 0 Å². The summed E-state index contributed by atoms with van der Waals surface area (Å²) in [6.07, 6.45) is 2.14. The summed E-state index contributed by atoms with van der Waals surface area (Å²) in [5.74, 6) is -1.99. The number of fused-ring (bicyclic) bond motifs is 3. The van der Waals surface area contributed by atoms with Crippen LogP contribution in [0.5, 0.6) is 0 Å². The van der Waals surface area contributed by atoms with Crippen LogP contribution >= 0.6 is 0 Å². The fourth-order valence-electron chi connectivity index (χ4n) is 4.87. The summed E-state index contributed by atoms with van der Waals surface area (Å²) in [5, 5.41) is 9.61. The fourth-order valence-corrected chi connectivity index (χ4v) is 4.87. The molecule has 1 fully saturated rings. The lowest BCUT2D eigenvalue weighted by Crippen LogP contribution is -2.54. The van der Waals surface area contributed by atoms with Gasteiger partial charge in [0.2, 0.25) is 11.8 Å². The molecule has 204 valence electrons. The second kappa shape index (κ2) is 11.7. The van der Waals surface area contributed by atoms with Crippen molar-refractivity contribution in [1.29, 1.82) is 0 Å². The predicted molar refractivity (Wildman–Crippen MR) is 136 cm³/mol. The lowest BCUT2D eigenvalue weighted by atomic mass is 10.0. The first-order chi connectivity index (χ1) is 18.1. The number of nitrogens with zero attached hydrogens (tertiary/aromatic N) is 3. The highest BCUT2D eigenvalue weighted by atomic mass is 19.1. The molecule has 4 amide bonds. The third-order valence-electron chi connectivity index (χ3n) is 7.06. The molecule has 0 saturated carbocycles. The molecule has 0 aliphatic carbocycles. The number of carbonyl (C=O) groups is 4. The minimum Gasteiger partial charge on any atom is -0.361 e. The maximum Gasteiger partial charge on any atom is 0.276 e. The van der Waals surface area contributed by atoms with E-state index in [1.54, 1.807) is 13.0 Å². The molecule has 4 rings (SSSR count). The lowest BCUT2D eigenvalue weighted by Gasteiger charge is -2.32. The zero-order chi connectivity index (χ0) is 27.4. The quantitative estimate of drug-likeness (QED) is 0.616. The van der Waals surface area contributed by atoms with Crippen molar-refractivity contribution in [1.82, 2.24) is 25.6 Å². The van der Waals surface area contributed by atoms with Gasteiger partial charge in [0.25, 0.3) is 11.8 Å². The lowest BCUT2D eigenvalue weighted by molar-refractivity contribution is -0.126. The number of aromatic nitrogens is 1. The van der Waals surface area contributed by atoms with Gasteiger partial charge < -0.3 is 25.0 Å². The van der Waals surface area contributed by atoms with E-state index in [1.807, 2.05) is 13.8 Å². The highest BCUT2D eigenvalue weighted by molar-refractivity contribution is 5.98. The molecule has 0 radical (unpaired) electrons. The Bertz CT molecular complexity index is 1210. The first-order valence-electron chi connectivity index (χ1n) is 13.0. The first kappa shape index (κ1) is 27.3. The Labute approximate surface area is 220 Å². The Balaban J connectivity index is 1.64. The molecular weight excluding hydrogens is 493 g/mol. The van der Waals surface area contributed by atoms with Crippen LogP contribution in [0, 0.1) is 18.7 Å². The van der Waals surface area contributed by atoms with Crippen LogP contribution in [0.4, 0.5) is 4.39 Å². The molecule has 10 nitrogen and oxygen atoms in total. The number of nitrogens with one attached hydrogen (secondary N) is 2. The fraction of sp³-hybridized carbons (Fsp3) is 0.519. The molecule has 0 spiro atoms. The Morgan fingerprint density at radius 3 is 2.68 bits per heavy atom. The van der Waals surface area contributed by atoms with Gasteiger partial charge in [-0.2, -0.15) is 0 Å². The van der Waals surface area contributed by atoms with Crippen molar-refractivity contribution in [3.05, 3.63) is 52.7 Å². The Morgan fingerprint density at radius 1 is 1.18 bits per heavy atom. The molecule has 1 aromatic heterocycles. The maximum absolute atomic E-state index is 14.7. The SMILES string of the molecule is Cc1cc(C(=O)N2CC(=O)NCCCc3ccc(F)c(c3)C(=O)N3CCC[C@H]3C(=O)N[C@H](C(C)C)C2)no1. The molecule has 1 aromatic carbocycles. The molecule has 2 N–H and O–H groups in total. The van der Waals surface area contributed by atoms with E-state index in [2.05, 4.69) is 15.8 Å². The average molecular weight is 528 g/mol. The minimum atomic E-state index is -0.756. The van der Waals surface area contributed by atoms with Crippen LogP contribution < -0.4 is 10.6 Å². The van der Waals surface area contributed by atoms with E-state index >= 15 is 0 Å². The normalized spacial score (nSPS) is 21.7. The predicted octanol–water partition coefficient (Wildman–Crippen LogP) is 2.07. The first-order valence-corrected chi connectivity index (χ1v) is 13.0. The summed E-state index contributed by atoms with van der Waals surface area (Å²) >= 11 is 0. The number of hydrogen-bond acceptors (Lipinski definition) is 6. The van der Waals surface area contributed by atoms with E-state index in [0.29, 0.717) is 44.5 Å². The maximum atomic E-state index is 14.7. The van der Waals surface area contributed by atoms with Gasteiger partial charge in [0.05, 0.1) is 12.1 Å². The average Bonchev–Trinajstić information content (AvgIpc) is 3.54. The number of rotatable bonds is 2. The van der Waals surface area contributed by atoms with Gasteiger partial charge in [-0.3, -0.25) is 19.2 Å². The van der Waals surface area contributed by atoms with Crippen molar-refractivity contribution >= 4 is 23.6 Å². The number of aryl methyl sites for hydroxylation is 2. The molecular formula is C27H34FN5O5. The monoisotopic (exact) mass is 527 g/mol. The van der Waals surface area contributed by atoms with Crippen molar-refractivity contribution in [2.45, 2.75) is 58.5 Å². The molecule has 38 heavy (non-hydrogen) atoms. The summed E-state index contributed by atoms with van der Waals surface area (Å²) in [6, 6.07) is 4.64. The number of carbonyl (C=O) groups excluding carboxylic acids is 4.